The van der Waals surface area contributed by atoms with Crippen LogP contribution in [0.25, 0.3) is 0 Å². The Morgan fingerprint density at radius 2 is 1.94 bits per heavy atom. The van der Waals surface area contributed by atoms with Gasteiger partial charge in [0, 0.05) is 18.3 Å². The van der Waals surface area contributed by atoms with Crippen molar-refractivity contribution in [2.45, 2.75) is 44.4 Å². The van der Waals surface area contributed by atoms with Gasteiger partial charge in [-0.25, -0.2) is 0 Å². The van der Waals surface area contributed by atoms with E-state index in [1.165, 1.54) is 0 Å². The van der Waals surface area contributed by atoms with E-state index in [-0.39, 0.29) is 18.1 Å². The minimum Gasteiger partial charge on any atom is -0.398 e. The van der Waals surface area contributed by atoms with Crippen LogP contribution in [0, 0.1) is 0 Å². The topological polar surface area (TPSA) is 66.6 Å². The van der Waals surface area contributed by atoms with Crippen LogP contribution in [0.3, 0.4) is 0 Å². The predicted octanol–water partition coefficient (Wildman–Crippen LogP) is 1.53. The Labute approximate surface area is 106 Å². The zero-order valence-electron chi connectivity index (χ0n) is 10.3. The van der Waals surface area contributed by atoms with Crippen molar-refractivity contribution >= 4 is 11.6 Å². The van der Waals surface area contributed by atoms with E-state index in [1.54, 1.807) is 6.07 Å². The number of carbonyl (C=O) groups excluding carboxylic acids is 1. The van der Waals surface area contributed by atoms with Gasteiger partial charge in [-0.2, -0.15) is 0 Å². The number of amides is 1. The summed E-state index contributed by atoms with van der Waals surface area (Å²) >= 11 is 0. The second-order valence-electron chi connectivity index (χ2n) is 5.28. The van der Waals surface area contributed by atoms with Gasteiger partial charge < -0.3 is 15.7 Å². The lowest BCUT2D eigenvalue weighted by atomic mass is 9.92. The van der Waals surface area contributed by atoms with Crippen molar-refractivity contribution in [3.05, 3.63) is 29.3 Å². The second kappa shape index (κ2) is 4.28. The van der Waals surface area contributed by atoms with Crippen molar-refractivity contribution in [3.63, 3.8) is 0 Å². The fourth-order valence-electron chi connectivity index (χ4n) is 3.08. The molecule has 96 valence electrons. The predicted molar refractivity (Wildman–Crippen MR) is 69.0 cm³/mol. The Morgan fingerprint density at radius 3 is 2.61 bits per heavy atom. The van der Waals surface area contributed by atoms with E-state index in [4.69, 9.17) is 5.73 Å². The van der Waals surface area contributed by atoms with Crippen LogP contribution in [0.2, 0.25) is 0 Å². The maximum atomic E-state index is 12.4. The third-order valence-corrected chi connectivity index (χ3v) is 4.11. The minimum atomic E-state index is -0.189. The molecule has 2 aliphatic rings. The maximum absolute atomic E-state index is 12.4. The van der Waals surface area contributed by atoms with Gasteiger partial charge >= 0.3 is 0 Å². The fourth-order valence-corrected chi connectivity index (χ4v) is 3.08. The van der Waals surface area contributed by atoms with Crippen LogP contribution in [-0.2, 0) is 6.54 Å². The molecular formula is C14H18N2O2. The van der Waals surface area contributed by atoms with Crippen LogP contribution in [0.15, 0.2) is 18.2 Å². The highest BCUT2D eigenvalue weighted by Crippen LogP contribution is 2.33. The Bertz CT molecular complexity index is 479. The molecule has 0 aromatic heterocycles. The molecule has 1 aliphatic carbocycles. The number of carbonyl (C=O) groups is 1. The number of nitrogens with two attached hydrogens (primary N) is 1. The molecule has 1 fully saturated rings. The van der Waals surface area contributed by atoms with E-state index < -0.39 is 0 Å². The number of nitrogen functional groups attached to an aromatic ring is 1. The van der Waals surface area contributed by atoms with Gasteiger partial charge in [-0.05, 0) is 37.3 Å². The number of rotatable bonds is 1. The Hall–Kier alpha value is -1.55. The summed E-state index contributed by atoms with van der Waals surface area (Å²) < 4.78 is 0. The van der Waals surface area contributed by atoms with Gasteiger partial charge in [0.2, 0.25) is 0 Å². The summed E-state index contributed by atoms with van der Waals surface area (Å²) in [4.78, 5) is 14.3. The number of aliphatic hydroxyl groups is 1. The zero-order valence-corrected chi connectivity index (χ0v) is 10.3. The summed E-state index contributed by atoms with van der Waals surface area (Å²) in [5.41, 5.74) is 8.19. The third-order valence-electron chi connectivity index (χ3n) is 4.11. The third kappa shape index (κ3) is 1.77. The quantitative estimate of drug-likeness (QED) is 0.738. The number of aliphatic hydroxyl groups excluding tert-OH is 1. The highest BCUT2D eigenvalue weighted by Gasteiger charge is 2.35. The molecule has 0 unspecified atom stereocenters. The first kappa shape index (κ1) is 11.5. The number of hydrogen-bond acceptors (Lipinski definition) is 3. The van der Waals surface area contributed by atoms with E-state index >= 15 is 0 Å². The molecule has 0 saturated heterocycles. The summed E-state index contributed by atoms with van der Waals surface area (Å²) in [5.74, 6) is 0.0597. The molecule has 3 N–H and O–H groups in total. The van der Waals surface area contributed by atoms with Crippen LogP contribution in [-0.4, -0.2) is 28.1 Å². The van der Waals surface area contributed by atoms with E-state index in [0.29, 0.717) is 17.8 Å². The van der Waals surface area contributed by atoms with Gasteiger partial charge in [0.25, 0.3) is 5.91 Å². The van der Waals surface area contributed by atoms with Crippen LogP contribution >= 0.6 is 0 Å². The largest absolute Gasteiger partial charge is 0.398 e. The number of hydrogen-bond donors (Lipinski definition) is 2. The van der Waals surface area contributed by atoms with Gasteiger partial charge in [0.05, 0.1) is 11.7 Å². The Balaban J connectivity index is 1.82. The van der Waals surface area contributed by atoms with Gasteiger partial charge in [-0.15, -0.1) is 0 Å². The molecule has 4 heteroatoms. The molecule has 1 heterocycles. The Morgan fingerprint density at radius 1 is 1.22 bits per heavy atom. The molecule has 1 aromatic rings. The molecule has 0 bridgehead atoms. The lowest BCUT2D eigenvalue weighted by molar-refractivity contribution is 0.0520. The van der Waals surface area contributed by atoms with Crippen molar-refractivity contribution < 1.29 is 9.90 Å². The van der Waals surface area contributed by atoms with Gasteiger partial charge in [0.15, 0.2) is 0 Å². The first-order valence-corrected chi connectivity index (χ1v) is 6.53. The molecule has 4 nitrogen and oxygen atoms in total. The van der Waals surface area contributed by atoms with E-state index in [1.807, 2.05) is 17.0 Å². The number of benzene rings is 1. The monoisotopic (exact) mass is 246 g/mol. The first-order valence-electron chi connectivity index (χ1n) is 6.53. The summed E-state index contributed by atoms with van der Waals surface area (Å²) in [5, 5.41) is 9.53. The minimum absolute atomic E-state index is 0.0597. The van der Waals surface area contributed by atoms with Gasteiger partial charge in [-0.1, -0.05) is 12.1 Å². The van der Waals surface area contributed by atoms with Crippen molar-refractivity contribution in [1.82, 2.24) is 4.90 Å². The van der Waals surface area contributed by atoms with E-state index in [0.717, 1.165) is 31.2 Å². The van der Waals surface area contributed by atoms with Crippen molar-refractivity contribution in [2.24, 2.45) is 0 Å². The molecule has 1 aromatic carbocycles. The van der Waals surface area contributed by atoms with Crippen molar-refractivity contribution in [2.75, 3.05) is 5.73 Å². The molecule has 1 aliphatic heterocycles. The van der Waals surface area contributed by atoms with E-state index in [2.05, 4.69) is 0 Å². The summed E-state index contributed by atoms with van der Waals surface area (Å²) in [7, 11) is 0. The van der Waals surface area contributed by atoms with Crippen molar-refractivity contribution in [1.29, 1.82) is 0 Å². The first-order chi connectivity index (χ1) is 8.66. The SMILES string of the molecule is Nc1cccc2c1C(=O)N(C1CCC(O)CC1)C2. The molecule has 0 radical (unpaired) electrons. The van der Waals surface area contributed by atoms with Crippen molar-refractivity contribution in [3.8, 4) is 0 Å². The molecular weight excluding hydrogens is 228 g/mol. The summed E-state index contributed by atoms with van der Waals surface area (Å²) in [6.45, 7) is 0.667. The average Bonchev–Trinajstić information content (AvgIpc) is 2.69. The fraction of sp³-hybridized carbons (Fsp3) is 0.500. The normalized spacial score (nSPS) is 27.4. The zero-order chi connectivity index (χ0) is 12.7. The van der Waals surface area contributed by atoms with Gasteiger partial charge in [0.1, 0.15) is 0 Å². The van der Waals surface area contributed by atoms with E-state index in [9.17, 15) is 9.90 Å². The highest BCUT2D eigenvalue weighted by atomic mass is 16.3. The molecule has 0 atom stereocenters. The second-order valence-corrected chi connectivity index (χ2v) is 5.28. The average molecular weight is 246 g/mol. The van der Waals surface area contributed by atoms with Crippen LogP contribution in [0.5, 0.6) is 0 Å². The summed E-state index contributed by atoms with van der Waals surface area (Å²) in [6, 6.07) is 5.91. The number of fused-ring (bicyclic) bond motifs is 1. The van der Waals surface area contributed by atoms with Crippen LogP contribution < -0.4 is 5.73 Å². The molecule has 1 saturated carbocycles. The summed E-state index contributed by atoms with van der Waals surface area (Å²) in [6.07, 6.45) is 3.17. The maximum Gasteiger partial charge on any atom is 0.256 e. The molecule has 18 heavy (non-hydrogen) atoms. The molecule has 0 spiro atoms. The Kier molecular flexibility index (Phi) is 2.74. The lowest BCUT2D eigenvalue weighted by Crippen LogP contribution is -2.39. The molecule has 1 amide bonds. The number of anilines is 1. The highest BCUT2D eigenvalue weighted by molar-refractivity contribution is 6.03. The smallest absolute Gasteiger partial charge is 0.256 e. The lowest BCUT2D eigenvalue weighted by Gasteiger charge is -2.32. The van der Waals surface area contributed by atoms with Gasteiger partial charge in [-0.3, -0.25) is 4.79 Å². The van der Waals surface area contributed by atoms with Crippen LogP contribution in [0.4, 0.5) is 5.69 Å². The van der Waals surface area contributed by atoms with Crippen LogP contribution in [0.1, 0.15) is 41.6 Å². The molecule has 3 rings (SSSR count). The number of nitrogens with zero attached hydrogens (tertiary/aromatic N) is 1. The standard InChI is InChI=1S/C14H18N2O2/c15-12-3-1-2-9-8-16(14(18)13(9)12)10-4-6-11(17)7-5-10/h1-3,10-11,17H,4-8,15H2.